The van der Waals surface area contributed by atoms with Gasteiger partial charge in [-0.3, -0.25) is 0 Å². The van der Waals surface area contributed by atoms with Crippen LogP contribution < -0.4 is 10.1 Å². The van der Waals surface area contributed by atoms with E-state index >= 15 is 0 Å². The predicted octanol–water partition coefficient (Wildman–Crippen LogP) is 1.93. The zero-order chi connectivity index (χ0) is 23.2. The Bertz CT molecular complexity index is 1140. The first-order valence-electron chi connectivity index (χ1n) is 10.8. The van der Waals surface area contributed by atoms with Crippen LogP contribution in [0.3, 0.4) is 0 Å². The molecule has 0 amide bonds. The fourth-order valence-corrected chi connectivity index (χ4v) is 5.61. The number of alkyl halides is 3. The van der Waals surface area contributed by atoms with Gasteiger partial charge in [-0.05, 0) is 19.3 Å². The maximum atomic E-state index is 13.3. The third kappa shape index (κ3) is 4.76. The molecule has 2 aromatic heterocycles. The van der Waals surface area contributed by atoms with Gasteiger partial charge in [0.05, 0.1) is 19.0 Å². The topological polar surface area (TPSA) is 121 Å². The number of halogens is 3. The van der Waals surface area contributed by atoms with Crippen molar-refractivity contribution >= 4 is 15.8 Å². The molecule has 2 aliphatic heterocycles. The van der Waals surface area contributed by atoms with Crippen LogP contribution in [0.1, 0.15) is 48.8 Å². The molecule has 0 aromatic carbocycles. The number of ether oxygens (including phenoxy) is 2. The molecule has 5 rings (SSSR count). The number of sulfone groups is 1. The SMILES string of the molecule is O=S1(=O)CCn2c(nnc2[C@H]2CCC[C@@H](Nc3ncc(C(F)(F)F)c(OC4COC4)n3)C2)C1. The number of aromatic nitrogens is 5. The van der Waals surface area contributed by atoms with Gasteiger partial charge in [-0.2, -0.15) is 18.2 Å². The molecule has 0 radical (unpaired) electrons. The molecule has 4 heterocycles. The van der Waals surface area contributed by atoms with Crippen LogP contribution in [-0.2, 0) is 33.0 Å². The minimum Gasteiger partial charge on any atom is -0.469 e. The van der Waals surface area contributed by atoms with E-state index in [0.29, 0.717) is 18.8 Å². The highest BCUT2D eigenvalue weighted by Gasteiger charge is 2.38. The fraction of sp³-hybridized carbons (Fsp3) is 0.684. The van der Waals surface area contributed by atoms with Gasteiger partial charge in [-0.25, -0.2) is 13.4 Å². The Morgan fingerprint density at radius 2 is 2.03 bits per heavy atom. The third-order valence-electron chi connectivity index (χ3n) is 6.15. The first-order valence-corrected chi connectivity index (χ1v) is 12.6. The van der Waals surface area contributed by atoms with Crippen LogP contribution in [0.5, 0.6) is 5.88 Å². The van der Waals surface area contributed by atoms with Gasteiger partial charge < -0.3 is 19.4 Å². The molecule has 2 fully saturated rings. The minimum absolute atomic E-state index is 0.0515. The predicted molar refractivity (Wildman–Crippen MR) is 108 cm³/mol. The van der Waals surface area contributed by atoms with Crippen molar-refractivity contribution in [2.45, 2.75) is 62.2 Å². The number of hydrogen-bond donors (Lipinski definition) is 1. The molecule has 1 saturated heterocycles. The zero-order valence-corrected chi connectivity index (χ0v) is 18.4. The van der Waals surface area contributed by atoms with E-state index < -0.39 is 33.6 Å². The lowest BCUT2D eigenvalue weighted by molar-refractivity contribution is -0.142. The summed E-state index contributed by atoms with van der Waals surface area (Å²) in [7, 11) is -3.14. The molecule has 0 bridgehead atoms. The van der Waals surface area contributed by atoms with Crippen molar-refractivity contribution in [3.8, 4) is 5.88 Å². The van der Waals surface area contributed by atoms with E-state index in [2.05, 4.69) is 25.5 Å². The monoisotopic (exact) mass is 488 g/mol. The number of rotatable bonds is 5. The average Bonchev–Trinajstić information content (AvgIpc) is 3.12. The minimum atomic E-state index is -4.63. The Kier molecular flexibility index (Phi) is 5.67. The van der Waals surface area contributed by atoms with Crippen molar-refractivity contribution in [1.82, 2.24) is 24.7 Å². The first kappa shape index (κ1) is 22.3. The van der Waals surface area contributed by atoms with Crippen LogP contribution in [0.25, 0.3) is 0 Å². The molecule has 1 aliphatic carbocycles. The normalized spacial score (nSPS) is 25.2. The van der Waals surface area contributed by atoms with Gasteiger partial charge in [-0.15, -0.1) is 10.2 Å². The van der Waals surface area contributed by atoms with Crippen molar-refractivity contribution in [3.05, 3.63) is 23.4 Å². The van der Waals surface area contributed by atoms with Gasteiger partial charge in [0.25, 0.3) is 0 Å². The van der Waals surface area contributed by atoms with Gasteiger partial charge in [0, 0.05) is 24.7 Å². The highest BCUT2D eigenvalue weighted by Crippen LogP contribution is 2.37. The van der Waals surface area contributed by atoms with Crippen LogP contribution >= 0.6 is 0 Å². The summed E-state index contributed by atoms with van der Waals surface area (Å²) in [5.74, 6) is 0.783. The van der Waals surface area contributed by atoms with Gasteiger partial charge >= 0.3 is 6.18 Å². The van der Waals surface area contributed by atoms with Crippen LogP contribution in [0.2, 0.25) is 0 Å². The van der Waals surface area contributed by atoms with Crippen molar-refractivity contribution < 1.29 is 31.1 Å². The maximum absolute atomic E-state index is 13.3. The molecule has 180 valence electrons. The lowest BCUT2D eigenvalue weighted by Gasteiger charge is -2.30. The van der Waals surface area contributed by atoms with E-state index in [1.54, 1.807) is 0 Å². The number of anilines is 1. The average molecular weight is 488 g/mol. The molecule has 10 nitrogen and oxygen atoms in total. The van der Waals surface area contributed by atoms with E-state index in [0.717, 1.165) is 31.3 Å². The second kappa shape index (κ2) is 8.38. The number of hydrogen-bond acceptors (Lipinski definition) is 9. The lowest BCUT2D eigenvalue weighted by Crippen LogP contribution is -2.39. The van der Waals surface area contributed by atoms with Crippen molar-refractivity contribution in [1.29, 1.82) is 0 Å². The van der Waals surface area contributed by atoms with Crippen molar-refractivity contribution in [3.63, 3.8) is 0 Å². The Morgan fingerprint density at radius 3 is 2.76 bits per heavy atom. The third-order valence-corrected chi connectivity index (χ3v) is 7.65. The Morgan fingerprint density at radius 1 is 1.21 bits per heavy atom. The van der Waals surface area contributed by atoms with Crippen LogP contribution in [0, 0.1) is 0 Å². The summed E-state index contributed by atoms with van der Waals surface area (Å²) < 4.78 is 76.0. The van der Waals surface area contributed by atoms with E-state index in [9.17, 15) is 21.6 Å². The first-order chi connectivity index (χ1) is 15.7. The molecule has 3 aliphatic rings. The molecular weight excluding hydrogens is 465 g/mol. The van der Waals surface area contributed by atoms with Gasteiger partial charge in [0.1, 0.15) is 29.1 Å². The fourth-order valence-electron chi connectivity index (χ4n) is 4.40. The van der Waals surface area contributed by atoms with E-state index in [1.807, 2.05) is 4.57 Å². The van der Waals surface area contributed by atoms with Gasteiger partial charge in [0.15, 0.2) is 9.84 Å². The smallest absolute Gasteiger partial charge is 0.423 e. The van der Waals surface area contributed by atoms with Crippen molar-refractivity contribution in [2.75, 3.05) is 24.3 Å². The summed E-state index contributed by atoms with van der Waals surface area (Å²) in [6.45, 7) is 0.777. The van der Waals surface area contributed by atoms with Gasteiger partial charge in [0.2, 0.25) is 11.8 Å². The molecule has 1 saturated carbocycles. The molecule has 1 N–H and O–H groups in total. The molecule has 33 heavy (non-hydrogen) atoms. The lowest BCUT2D eigenvalue weighted by atomic mass is 9.85. The van der Waals surface area contributed by atoms with Crippen LogP contribution in [0.4, 0.5) is 19.1 Å². The largest absolute Gasteiger partial charge is 0.469 e. The number of fused-ring (bicyclic) bond motifs is 1. The van der Waals surface area contributed by atoms with Crippen molar-refractivity contribution in [2.24, 2.45) is 0 Å². The summed E-state index contributed by atoms with van der Waals surface area (Å²) >= 11 is 0. The van der Waals surface area contributed by atoms with Gasteiger partial charge in [-0.1, -0.05) is 6.42 Å². The molecule has 2 aromatic rings. The van der Waals surface area contributed by atoms with Crippen LogP contribution in [-0.4, -0.2) is 64.3 Å². The second-order valence-electron chi connectivity index (χ2n) is 8.61. The van der Waals surface area contributed by atoms with E-state index in [4.69, 9.17) is 9.47 Å². The summed E-state index contributed by atoms with van der Waals surface area (Å²) in [4.78, 5) is 7.88. The highest BCUT2D eigenvalue weighted by atomic mass is 32.2. The molecule has 0 spiro atoms. The van der Waals surface area contributed by atoms with E-state index in [1.165, 1.54) is 0 Å². The van der Waals surface area contributed by atoms with Crippen LogP contribution in [0.15, 0.2) is 6.20 Å². The quantitative estimate of drug-likeness (QED) is 0.673. The second-order valence-corrected chi connectivity index (χ2v) is 10.8. The molecule has 14 heteroatoms. The number of nitrogens with one attached hydrogen (secondary N) is 1. The Balaban J connectivity index is 1.31. The van der Waals surface area contributed by atoms with E-state index in [-0.39, 0.29) is 42.6 Å². The highest BCUT2D eigenvalue weighted by molar-refractivity contribution is 7.90. The summed E-state index contributed by atoms with van der Waals surface area (Å²) in [5, 5.41) is 11.5. The summed E-state index contributed by atoms with van der Waals surface area (Å²) in [6.07, 6.45) is -1.17. The maximum Gasteiger partial charge on any atom is 0.423 e. The standard InChI is InChI=1S/C19H23F3N6O4S/c20-19(21,22)14-7-23-18(25-17(14)32-13-8-31-9-13)24-12-3-1-2-11(6-12)16-27-26-15-10-33(29,30)5-4-28(15)16/h7,11-13H,1-6,8-10H2,(H,23,24,25)/t11-,12+/m0/s1. The Hall–Kier alpha value is -2.48. The molecule has 2 atom stereocenters. The molecule has 0 unspecified atom stereocenters. The summed E-state index contributed by atoms with van der Waals surface area (Å²) in [5.41, 5.74) is -1.02. The number of nitrogens with zero attached hydrogens (tertiary/aromatic N) is 5. The Labute approximate surface area is 187 Å². The summed E-state index contributed by atoms with van der Waals surface area (Å²) in [6, 6.07) is -0.0827. The zero-order valence-electron chi connectivity index (χ0n) is 17.6. The molecular formula is C19H23F3N6O4S.